The van der Waals surface area contributed by atoms with Gasteiger partial charge in [0.2, 0.25) is 5.91 Å². The summed E-state index contributed by atoms with van der Waals surface area (Å²) in [4.78, 5) is 16.9. The molecule has 2 heterocycles. The summed E-state index contributed by atoms with van der Waals surface area (Å²) >= 11 is 0. The van der Waals surface area contributed by atoms with Crippen molar-refractivity contribution in [3.63, 3.8) is 0 Å². The molecule has 1 amide bonds. The number of nitrogens with one attached hydrogen (secondary N) is 1. The molecule has 1 N–H and O–H groups in total. The van der Waals surface area contributed by atoms with Crippen LogP contribution in [0.15, 0.2) is 0 Å². The Morgan fingerprint density at radius 1 is 1.14 bits per heavy atom. The van der Waals surface area contributed by atoms with Gasteiger partial charge in [0, 0.05) is 39.6 Å². The monoisotopic (exact) mass is 293 g/mol. The fourth-order valence-corrected chi connectivity index (χ4v) is 4.87. The molecule has 1 aliphatic carbocycles. The van der Waals surface area contributed by atoms with Crippen LogP contribution < -0.4 is 5.32 Å². The topological polar surface area (TPSA) is 35.6 Å². The predicted octanol–water partition coefficient (Wildman–Crippen LogP) is 1.85. The Hall–Kier alpha value is -0.610. The van der Waals surface area contributed by atoms with Crippen molar-refractivity contribution in [1.29, 1.82) is 0 Å². The number of amides is 1. The minimum absolute atomic E-state index is 0.144. The Morgan fingerprint density at radius 2 is 1.90 bits per heavy atom. The summed E-state index contributed by atoms with van der Waals surface area (Å²) in [5.74, 6) is 0.283. The molecule has 1 spiro atoms. The third kappa shape index (κ3) is 3.11. The first-order valence-corrected chi connectivity index (χ1v) is 8.74. The third-order valence-corrected chi connectivity index (χ3v) is 5.96. The molecule has 1 saturated carbocycles. The lowest BCUT2D eigenvalue weighted by Crippen LogP contribution is -2.65. The van der Waals surface area contributed by atoms with Crippen LogP contribution in [0.4, 0.5) is 0 Å². The Balaban J connectivity index is 1.70. The van der Waals surface area contributed by atoms with Gasteiger partial charge in [-0.3, -0.25) is 9.69 Å². The normalized spacial score (nSPS) is 33.5. The number of carbonyl (C=O) groups is 1. The zero-order chi connectivity index (χ0) is 14.9. The van der Waals surface area contributed by atoms with E-state index in [1.807, 2.05) is 0 Å². The molecule has 1 atom stereocenters. The van der Waals surface area contributed by atoms with Crippen LogP contribution in [-0.4, -0.2) is 60.5 Å². The lowest BCUT2D eigenvalue weighted by Gasteiger charge is -2.53. The molecule has 3 fully saturated rings. The maximum Gasteiger partial charge on any atom is 0.219 e. The van der Waals surface area contributed by atoms with Crippen molar-refractivity contribution >= 4 is 5.91 Å². The fraction of sp³-hybridized carbons (Fsp3) is 0.941. The quantitative estimate of drug-likeness (QED) is 0.844. The highest BCUT2D eigenvalue weighted by Gasteiger charge is 2.44. The molecule has 0 bridgehead atoms. The minimum Gasteiger partial charge on any atom is -0.335 e. The average molecular weight is 293 g/mol. The third-order valence-electron chi connectivity index (χ3n) is 5.96. The Labute approximate surface area is 129 Å². The van der Waals surface area contributed by atoms with E-state index in [-0.39, 0.29) is 11.4 Å². The van der Waals surface area contributed by atoms with Crippen LogP contribution in [0, 0.1) is 5.41 Å². The van der Waals surface area contributed by atoms with Crippen molar-refractivity contribution in [2.75, 3.05) is 39.3 Å². The first-order valence-electron chi connectivity index (χ1n) is 8.74. The van der Waals surface area contributed by atoms with Crippen molar-refractivity contribution in [3.05, 3.63) is 0 Å². The molecular weight excluding hydrogens is 262 g/mol. The number of piperazine rings is 1. The van der Waals surface area contributed by atoms with E-state index in [4.69, 9.17) is 0 Å². The average Bonchev–Trinajstić information content (AvgIpc) is 2.85. The van der Waals surface area contributed by atoms with Crippen LogP contribution >= 0.6 is 0 Å². The van der Waals surface area contributed by atoms with Crippen LogP contribution in [0.3, 0.4) is 0 Å². The van der Waals surface area contributed by atoms with Gasteiger partial charge in [0.15, 0.2) is 0 Å². The van der Waals surface area contributed by atoms with Crippen LogP contribution in [0.1, 0.15) is 52.4 Å². The molecule has 0 radical (unpaired) electrons. The van der Waals surface area contributed by atoms with Gasteiger partial charge in [-0.1, -0.05) is 26.2 Å². The lowest BCUT2D eigenvalue weighted by molar-refractivity contribution is -0.142. The minimum atomic E-state index is 0.144. The van der Waals surface area contributed by atoms with E-state index in [0.717, 1.165) is 32.7 Å². The number of carbonyl (C=O) groups excluding carboxylic acids is 1. The lowest BCUT2D eigenvalue weighted by atomic mass is 9.77. The molecule has 0 aromatic rings. The number of rotatable bonds is 2. The van der Waals surface area contributed by atoms with Gasteiger partial charge in [-0.15, -0.1) is 0 Å². The van der Waals surface area contributed by atoms with Gasteiger partial charge in [-0.25, -0.2) is 0 Å². The van der Waals surface area contributed by atoms with E-state index in [1.54, 1.807) is 6.92 Å². The number of hydrogen-bond acceptors (Lipinski definition) is 3. The molecule has 4 nitrogen and oxygen atoms in total. The van der Waals surface area contributed by atoms with Crippen molar-refractivity contribution in [2.24, 2.45) is 5.41 Å². The van der Waals surface area contributed by atoms with Gasteiger partial charge in [-0.2, -0.15) is 0 Å². The molecule has 1 unspecified atom stereocenters. The van der Waals surface area contributed by atoms with Crippen molar-refractivity contribution in [3.8, 4) is 0 Å². The van der Waals surface area contributed by atoms with Gasteiger partial charge >= 0.3 is 0 Å². The molecule has 2 saturated heterocycles. The summed E-state index contributed by atoms with van der Waals surface area (Å²) in [6.07, 6.45) is 7.62. The SMILES string of the molecule is CC(=O)N1CCN(CC2(C)CCNC2)CC12CCCCC2. The predicted molar refractivity (Wildman–Crippen MR) is 85.2 cm³/mol. The second-order valence-corrected chi connectivity index (χ2v) is 7.90. The second-order valence-electron chi connectivity index (χ2n) is 7.90. The van der Waals surface area contributed by atoms with Crippen LogP contribution in [0.5, 0.6) is 0 Å². The zero-order valence-electron chi connectivity index (χ0n) is 13.8. The van der Waals surface area contributed by atoms with E-state index in [9.17, 15) is 4.79 Å². The highest BCUT2D eigenvalue weighted by molar-refractivity contribution is 5.74. The van der Waals surface area contributed by atoms with Gasteiger partial charge in [0.1, 0.15) is 0 Å². The fourth-order valence-electron chi connectivity index (χ4n) is 4.87. The van der Waals surface area contributed by atoms with Crippen molar-refractivity contribution < 1.29 is 4.79 Å². The van der Waals surface area contributed by atoms with E-state index in [2.05, 4.69) is 22.0 Å². The van der Waals surface area contributed by atoms with E-state index in [0.29, 0.717) is 5.41 Å². The van der Waals surface area contributed by atoms with E-state index < -0.39 is 0 Å². The molecule has 2 aliphatic heterocycles. The Bertz CT molecular complexity index is 383. The summed E-state index contributed by atoms with van der Waals surface area (Å²) in [6.45, 7) is 10.7. The van der Waals surface area contributed by atoms with E-state index >= 15 is 0 Å². The van der Waals surface area contributed by atoms with Crippen molar-refractivity contribution in [1.82, 2.24) is 15.1 Å². The molecule has 120 valence electrons. The molecule has 0 aromatic heterocycles. The largest absolute Gasteiger partial charge is 0.335 e. The smallest absolute Gasteiger partial charge is 0.219 e. The molecule has 4 heteroatoms. The van der Waals surface area contributed by atoms with Gasteiger partial charge in [-0.05, 0) is 31.2 Å². The molecule has 3 aliphatic rings. The van der Waals surface area contributed by atoms with Crippen LogP contribution in [0.25, 0.3) is 0 Å². The number of hydrogen-bond donors (Lipinski definition) is 1. The first-order chi connectivity index (χ1) is 10.0. The summed E-state index contributed by atoms with van der Waals surface area (Å²) in [7, 11) is 0. The highest BCUT2D eigenvalue weighted by Crippen LogP contribution is 2.38. The summed E-state index contributed by atoms with van der Waals surface area (Å²) in [5, 5.41) is 3.51. The summed E-state index contributed by atoms with van der Waals surface area (Å²) in [5.41, 5.74) is 0.568. The van der Waals surface area contributed by atoms with Crippen molar-refractivity contribution in [2.45, 2.75) is 57.9 Å². The zero-order valence-corrected chi connectivity index (χ0v) is 13.8. The first kappa shape index (κ1) is 15.3. The summed E-state index contributed by atoms with van der Waals surface area (Å²) < 4.78 is 0. The molecule has 21 heavy (non-hydrogen) atoms. The molecule has 0 aromatic carbocycles. The highest BCUT2D eigenvalue weighted by atomic mass is 16.2. The van der Waals surface area contributed by atoms with Crippen LogP contribution in [0.2, 0.25) is 0 Å². The summed E-state index contributed by atoms with van der Waals surface area (Å²) in [6, 6.07) is 0. The van der Waals surface area contributed by atoms with E-state index in [1.165, 1.54) is 45.1 Å². The molecule has 3 rings (SSSR count). The Kier molecular flexibility index (Phi) is 4.28. The van der Waals surface area contributed by atoms with Gasteiger partial charge < -0.3 is 10.2 Å². The Morgan fingerprint density at radius 3 is 2.52 bits per heavy atom. The number of nitrogens with zero attached hydrogens (tertiary/aromatic N) is 2. The second kappa shape index (κ2) is 5.88. The van der Waals surface area contributed by atoms with Crippen LogP contribution in [-0.2, 0) is 4.79 Å². The molecular formula is C17H31N3O. The standard InChI is InChI=1S/C17H31N3O/c1-15(21)20-11-10-19(13-16(2)8-9-18-12-16)14-17(20)6-4-3-5-7-17/h18H,3-14H2,1-2H3. The maximum atomic E-state index is 12.1. The van der Waals surface area contributed by atoms with Gasteiger partial charge in [0.05, 0.1) is 5.54 Å². The maximum absolute atomic E-state index is 12.1. The van der Waals surface area contributed by atoms with Gasteiger partial charge in [0.25, 0.3) is 0 Å².